The molecule has 1 N–H and O–H groups in total. The second kappa shape index (κ2) is 6.80. The van der Waals surface area contributed by atoms with Crippen LogP contribution in [-0.2, 0) is 11.2 Å². The molecule has 0 amide bonds. The minimum atomic E-state index is -0.333. The van der Waals surface area contributed by atoms with Crippen LogP contribution in [0.2, 0.25) is 5.02 Å². The van der Waals surface area contributed by atoms with Gasteiger partial charge in [-0.1, -0.05) is 25.4 Å². The largest absolute Gasteiger partial charge is 0.496 e. The maximum Gasteiger partial charge on any atom is 0.143 e. The second-order valence-electron chi connectivity index (χ2n) is 6.32. The maximum absolute atomic E-state index is 12.8. The Labute approximate surface area is 132 Å². The topological polar surface area (TPSA) is 38.3 Å². The molecule has 0 saturated carbocycles. The molecule has 116 valence electrons. The molecule has 1 atom stereocenters. The average Bonchev–Trinajstić information content (AvgIpc) is 2.48. The van der Waals surface area contributed by atoms with Crippen molar-refractivity contribution in [1.29, 1.82) is 0 Å². The predicted molar refractivity (Wildman–Crippen MR) is 86.1 cm³/mol. The lowest BCUT2D eigenvalue weighted by atomic mass is 9.71. The summed E-state index contributed by atoms with van der Waals surface area (Å²) < 4.78 is 5.34. The summed E-state index contributed by atoms with van der Waals surface area (Å²) in [5.41, 5.74) is 0.535. The Kier molecular flexibility index (Phi) is 5.28. The lowest BCUT2D eigenvalue weighted by Crippen LogP contribution is -2.43. The highest BCUT2D eigenvalue weighted by Crippen LogP contribution is 2.35. The standard InChI is InChI=1S/C17H24ClNO2/c1-17(2,13-5-4-8-19-11-13)16(20)10-12-9-14(18)6-7-15(12)21-3/h6-7,9,13,19H,4-5,8,10-11H2,1-3H3. The minimum absolute atomic E-state index is 0.247. The molecular weight excluding hydrogens is 286 g/mol. The second-order valence-corrected chi connectivity index (χ2v) is 6.76. The third-order valence-electron chi connectivity index (χ3n) is 4.63. The summed E-state index contributed by atoms with van der Waals surface area (Å²) in [4.78, 5) is 12.8. The molecule has 2 rings (SSSR count). The van der Waals surface area contributed by atoms with Crippen molar-refractivity contribution >= 4 is 17.4 Å². The molecule has 1 saturated heterocycles. The number of nitrogens with one attached hydrogen (secondary N) is 1. The van der Waals surface area contributed by atoms with E-state index in [4.69, 9.17) is 16.3 Å². The molecule has 1 aliphatic rings. The van der Waals surface area contributed by atoms with Crippen molar-refractivity contribution in [3.05, 3.63) is 28.8 Å². The number of methoxy groups -OCH3 is 1. The summed E-state index contributed by atoms with van der Waals surface area (Å²) in [6, 6.07) is 5.43. The van der Waals surface area contributed by atoms with Crippen molar-refractivity contribution < 1.29 is 9.53 Å². The number of ketones is 1. The molecule has 0 aliphatic carbocycles. The first kappa shape index (κ1) is 16.3. The first-order chi connectivity index (χ1) is 9.95. The van der Waals surface area contributed by atoms with Crippen LogP contribution in [-0.4, -0.2) is 26.0 Å². The van der Waals surface area contributed by atoms with E-state index in [1.54, 1.807) is 13.2 Å². The van der Waals surface area contributed by atoms with E-state index in [0.717, 1.165) is 37.2 Å². The Morgan fingerprint density at radius 1 is 1.48 bits per heavy atom. The van der Waals surface area contributed by atoms with Crippen molar-refractivity contribution in [2.75, 3.05) is 20.2 Å². The van der Waals surface area contributed by atoms with Crippen LogP contribution in [0.25, 0.3) is 0 Å². The van der Waals surface area contributed by atoms with E-state index >= 15 is 0 Å². The summed E-state index contributed by atoms with van der Waals surface area (Å²) in [6.07, 6.45) is 2.62. The number of ether oxygens (including phenoxy) is 1. The Bertz CT molecular complexity index is 508. The Balaban J connectivity index is 2.14. The minimum Gasteiger partial charge on any atom is -0.496 e. The third-order valence-corrected chi connectivity index (χ3v) is 4.86. The zero-order chi connectivity index (χ0) is 15.5. The van der Waals surface area contributed by atoms with Crippen molar-refractivity contribution in [1.82, 2.24) is 5.32 Å². The van der Waals surface area contributed by atoms with Crippen LogP contribution in [0, 0.1) is 11.3 Å². The Morgan fingerprint density at radius 3 is 2.86 bits per heavy atom. The van der Waals surface area contributed by atoms with Gasteiger partial charge in [0.05, 0.1) is 7.11 Å². The van der Waals surface area contributed by atoms with Gasteiger partial charge in [-0.05, 0) is 50.0 Å². The highest BCUT2D eigenvalue weighted by molar-refractivity contribution is 6.30. The number of halogens is 1. The van der Waals surface area contributed by atoms with Crippen LogP contribution in [0.1, 0.15) is 32.3 Å². The van der Waals surface area contributed by atoms with Crippen molar-refractivity contribution in [3.8, 4) is 5.75 Å². The van der Waals surface area contributed by atoms with Crippen LogP contribution in [0.3, 0.4) is 0 Å². The summed E-state index contributed by atoms with van der Waals surface area (Å²) in [5.74, 6) is 1.37. The number of carbonyl (C=O) groups is 1. The number of rotatable bonds is 5. The van der Waals surface area contributed by atoms with E-state index < -0.39 is 0 Å². The van der Waals surface area contributed by atoms with Crippen molar-refractivity contribution in [2.24, 2.45) is 11.3 Å². The van der Waals surface area contributed by atoms with Gasteiger partial charge in [0.25, 0.3) is 0 Å². The van der Waals surface area contributed by atoms with Crippen LogP contribution in [0.5, 0.6) is 5.75 Å². The lowest BCUT2D eigenvalue weighted by Gasteiger charge is -2.36. The first-order valence-electron chi connectivity index (χ1n) is 7.51. The van der Waals surface area contributed by atoms with Gasteiger partial charge in [0.1, 0.15) is 11.5 Å². The zero-order valence-electron chi connectivity index (χ0n) is 13.0. The number of hydrogen-bond acceptors (Lipinski definition) is 3. The summed E-state index contributed by atoms with van der Waals surface area (Å²) in [5, 5.41) is 4.03. The van der Waals surface area contributed by atoms with Crippen LogP contribution >= 0.6 is 11.6 Å². The van der Waals surface area contributed by atoms with E-state index in [2.05, 4.69) is 19.2 Å². The van der Waals surface area contributed by atoms with Gasteiger partial charge in [-0.2, -0.15) is 0 Å². The van der Waals surface area contributed by atoms with Gasteiger partial charge in [-0.15, -0.1) is 0 Å². The monoisotopic (exact) mass is 309 g/mol. The quantitative estimate of drug-likeness (QED) is 0.905. The van der Waals surface area contributed by atoms with Gasteiger partial charge in [0, 0.05) is 22.4 Å². The highest BCUT2D eigenvalue weighted by Gasteiger charge is 2.37. The molecule has 1 aliphatic heterocycles. The highest BCUT2D eigenvalue weighted by atomic mass is 35.5. The fourth-order valence-electron chi connectivity index (χ4n) is 2.98. The van der Waals surface area contributed by atoms with E-state index in [-0.39, 0.29) is 11.2 Å². The number of benzene rings is 1. The molecule has 1 aromatic rings. The number of carbonyl (C=O) groups excluding carboxylic acids is 1. The van der Waals surface area contributed by atoms with Gasteiger partial charge in [-0.25, -0.2) is 0 Å². The van der Waals surface area contributed by atoms with E-state index in [1.165, 1.54) is 0 Å². The first-order valence-corrected chi connectivity index (χ1v) is 7.89. The smallest absolute Gasteiger partial charge is 0.143 e. The molecular formula is C17H24ClNO2. The lowest BCUT2D eigenvalue weighted by molar-refractivity contribution is -0.129. The van der Waals surface area contributed by atoms with Gasteiger partial charge >= 0.3 is 0 Å². The summed E-state index contributed by atoms with van der Waals surface area (Å²) >= 11 is 6.04. The molecule has 0 spiro atoms. The van der Waals surface area contributed by atoms with E-state index in [9.17, 15) is 4.79 Å². The van der Waals surface area contributed by atoms with Gasteiger partial charge < -0.3 is 10.1 Å². The molecule has 0 aromatic heterocycles. The summed E-state index contributed by atoms with van der Waals surface area (Å²) in [6.45, 7) is 6.10. The van der Waals surface area contributed by atoms with E-state index in [1.807, 2.05) is 12.1 Å². The molecule has 21 heavy (non-hydrogen) atoms. The van der Waals surface area contributed by atoms with Gasteiger partial charge in [0.2, 0.25) is 0 Å². The third kappa shape index (κ3) is 3.78. The Hall–Kier alpha value is -1.06. The SMILES string of the molecule is COc1ccc(Cl)cc1CC(=O)C(C)(C)C1CCCNC1. The molecule has 1 heterocycles. The van der Waals surface area contributed by atoms with Crippen LogP contribution in [0.4, 0.5) is 0 Å². The fraction of sp³-hybridized carbons (Fsp3) is 0.588. The maximum atomic E-state index is 12.8. The molecule has 0 bridgehead atoms. The fourth-order valence-corrected chi connectivity index (χ4v) is 3.18. The number of hydrogen-bond donors (Lipinski definition) is 1. The molecule has 1 fully saturated rings. The molecule has 3 nitrogen and oxygen atoms in total. The number of Topliss-reactive ketones (excluding diaryl/α,β-unsaturated/α-hetero) is 1. The van der Waals surface area contributed by atoms with Gasteiger partial charge in [-0.3, -0.25) is 4.79 Å². The average molecular weight is 310 g/mol. The predicted octanol–water partition coefficient (Wildman–Crippen LogP) is 3.49. The van der Waals surface area contributed by atoms with Gasteiger partial charge in [0.15, 0.2) is 0 Å². The van der Waals surface area contributed by atoms with E-state index in [0.29, 0.717) is 17.4 Å². The zero-order valence-corrected chi connectivity index (χ0v) is 13.8. The number of piperidine rings is 1. The van der Waals surface area contributed by atoms with Crippen LogP contribution in [0.15, 0.2) is 18.2 Å². The van der Waals surface area contributed by atoms with Crippen molar-refractivity contribution in [3.63, 3.8) is 0 Å². The molecule has 0 radical (unpaired) electrons. The molecule has 1 unspecified atom stereocenters. The molecule has 4 heteroatoms. The van der Waals surface area contributed by atoms with Crippen LogP contribution < -0.4 is 10.1 Å². The normalized spacial score (nSPS) is 19.3. The molecule has 1 aromatic carbocycles. The Morgan fingerprint density at radius 2 is 2.24 bits per heavy atom. The van der Waals surface area contributed by atoms with Crippen molar-refractivity contribution in [2.45, 2.75) is 33.1 Å². The summed E-state index contributed by atoms with van der Waals surface area (Å²) in [7, 11) is 1.62.